The number of hydrogen-bond donors (Lipinski definition) is 3. The number of amides is 2. The number of hydrogen-bond acceptors (Lipinski definition) is 4. The Kier molecular flexibility index (Phi) is 7.98. The summed E-state index contributed by atoms with van der Waals surface area (Å²) in [5.41, 5.74) is 2.98. The van der Waals surface area contributed by atoms with Gasteiger partial charge in [-0.1, -0.05) is 42.5 Å². The fourth-order valence-electron chi connectivity index (χ4n) is 4.02. The molecule has 164 valence electrons. The molecule has 2 aromatic rings. The van der Waals surface area contributed by atoms with E-state index in [0.717, 1.165) is 16.7 Å². The Morgan fingerprint density at radius 2 is 1.87 bits per heavy atom. The summed E-state index contributed by atoms with van der Waals surface area (Å²) in [6.07, 6.45) is 3.60. The molecule has 2 aromatic carbocycles. The largest absolute Gasteiger partial charge is 0.395 e. The van der Waals surface area contributed by atoms with Crippen LogP contribution in [0.4, 0.5) is 0 Å². The predicted octanol–water partition coefficient (Wildman–Crippen LogP) is 2.72. The standard InChI is InChI=1S/C25H30N2O4/c1-2-12-27-24(30)25(10-15-31-16-11-25)18-21-6-3-4-9-22(21)19-7-5-8-20(17-19)23(29)26-13-14-28/h2-9,17,28H,1,10-16,18H2,(H,26,29)(H,27,30). The molecule has 1 fully saturated rings. The van der Waals surface area contributed by atoms with Crippen molar-refractivity contribution >= 4 is 11.8 Å². The molecular formula is C25H30N2O4. The lowest BCUT2D eigenvalue weighted by Crippen LogP contribution is -2.46. The predicted molar refractivity (Wildman–Crippen MR) is 121 cm³/mol. The number of aliphatic hydroxyl groups excluding tert-OH is 1. The SMILES string of the molecule is C=CCNC(=O)C1(Cc2ccccc2-c2cccc(C(=O)NCCO)c2)CCOCC1. The van der Waals surface area contributed by atoms with Gasteiger partial charge in [0.25, 0.3) is 5.91 Å². The van der Waals surface area contributed by atoms with Crippen LogP contribution in [-0.4, -0.2) is 49.8 Å². The Morgan fingerprint density at radius 3 is 2.61 bits per heavy atom. The molecule has 1 heterocycles. The van der Waals surface area contributed by atoms with E-state index >= 15 is 0 Å². The van der Waals surface area contributed by atoms with Crippen molar-refractivity contribution in [1.82, 2.24) is 10.6 Å². The Balaban J connectivity index is 1.91. The molecule has 0 unspecified atom stereocenters. The van der Waals surface area contributed by atoms with Crippen LogP contribution in [0.1, 0.15) is 28.8 Å². The van der Waals surface area contributed by atoms with Crippen molar-refractivity contribution in [3.8, 4) is 11.1 Å². The van der Waals surface area contributed by atoms with E-state index < -0.39 is 5.41 Å². The van der Waals surface area contributed by atoms with Crippen LogP contribution >= 0.6 is 0 Å². The van der Waals surface area contributed by atoms with Crippen molar-refractivity contribution in [2.75, 3.05) is 32.9 Å². The number of benzene rings is 2. The van der Waals surface area contributed by atoms with Crippen molar-refractivity contribution in [2.24, 2.45) is 5.41 Å². The molecule has 3 rings (SSSR count). The topological polar surface area (TPSA) is 87.7 Å². The van der Waals surface area contributed by atoms with Crippen LogP contribution in [0.15, 0.2) is 61.2 Å². The number of carbonyl (C=O) groups is 2. The maximum absolute atomic E-state index is 13.1. The minimum absolute atomic E-state index is 0.0302. The highest BCUT2D eigenvalue weighted by Crippen LogP contribution is 2.37. The van der Waals surface area contributed by atoms with E-state index in [1.807, 2.05) is 42.5 Å². The van der Waals surface area contributed by atoms with E-state index in [-0.39, 0.29) is 25.0 Å². The first-order valence-electron chi connectivity index (χ1n) is 10.6. The zero-order valence-electron chi connectivity index (χ0n) is 17.7. The molecule has 6 nitrogen and oxygen atoms in total. The monoisotopic (exact) mass is 422 g/mol. The van der Waals surface area contributed by atoms with Crippen LogP contribution in [-0.2, 0) is 16.0 Å². The molecule has 1 aliphatic rings. The van der Waals surface area contributed by atoms with E-state index in [4.69, 9.17) is 9.84 Å². The molecule has 0 bridgehead atoms. The minimum atomic E-state index is -0.534. The summed E-state index contributed by atoms with van der Waals surface area (Å²) in [7, 11) is 0. The fraction of sp³-hybridized carbons (Fsp3) is 0.360. The molecule has 31 heavy (non-hydrogen) atoms. The summed E-state index contributed by atoms with van der Waals surface area (Å²) >= 11 is 0. The molecule has 0 aromatic heterocycles. The summed E-state index contributed by atoms with van der Waals surface area (Å²) in [4.78, 5) is 25.4. The molecule has 0 saturated carbocycles. The number of nitrogens with one attached hydrogen (secondary N) is 2. The van der Waals surface area contributed by atoms with Gasteiger partial charge in [-0.15, -0.1) is 6.58 Å². The summed E-state index contributed by atoms with van der Waals surface area (Å²) in [6, 6.07) is 15.4. The lowest BCUT2D eigenvalue weighted by molar-refractivity contribution is -0.136. The highest BCUT2D eigenvalue weighted by molar-refractivity contribution is 5.95. The molecule has 0 atom stereocenters. The van der Waals surface area contributed by atoms with E-state index in [1.165, 1.54) is 0 Å². The zero-order valence-corrected chi connectivity index (χ0v) is 17.7. The molecule has 3 N–H and O–H groups in total. The van der Waals surface area contributed by atoms with Gasteiger partial charge < -0.3 is 20.5 Å². The van der Waals surface area contributed by atoms with Gasteiger partial charge in [-0.2, -0.15) is 0 Å². The normalized spacial score (nSPS) is 15.1. The smallest absolute Gasteiger partial charge is 0.251 e. The maximum Gasteiger partial charge on any atom is 0.251 e. The fourth-order valence-corrected chi connectivity index (χ4v) is 4.02. The number of carbonyl (C=O) groups excluding carboxylic acids is 2. The highest BCUT2D eigenvalue weighted by Gasteiger charge is 2.40. The summed E-state index contributed by atoms with van der Waals surface area (Å²) in [5.74, 6) is -0.194. The van der Waals surface area contributed by atoms with Crippen molar-refractivity contribution in [1.29, 1.82) is 0 Å². The first kappa shape index (κ1) is 22.7. The van der Waals surface area contributed by atoms with Gasteiger partial charge in [-0.05, 0) is 48.1 Å². The summed E-state index contributed by atoms with van der Waals surface area (Å²) in [6.45, 7) is 5.36. The zero-order chi connectivity index (χ0) is 22.1. The second-order valence-corrected chi connectivity index (χ2v) is 7.79. The Morgan fingerprint density at radius 1 is 1.10 bits per heavy atom. The van der Waals surface area contributed by atoms with Crippen LogP contribution in [0.2, 0.25) is 0 Å². The van der Waals surface area contributed by atoms with Crippen LogP contribution in [0.5, 0.6) is 0 Å². The van der Waals surface area contributed by atoms with Crippen molar-refractivity contribution in [3.63, 3.8) is 0 Å². The van der Waals surface area contributed by atoms with Crippen molar-refractivity contribution < 1.29 is 19.4 Å². The highest BCUT2D eigenvalue weighted by atomic mass is 16.5. The molecular weight excluding hydrogens is 392 g/mol. The quantitative estimate of drug-likeness (QED) is 0.542. The van der Waals surface area contributed by atoms with Gasteiger partial charge in [-0.25, -0.2) is 0 Å². The Labute approximate surface area is 183 Å². The number of rotatable bonds is 9. The third-order valence-electron chi connectivity index (χ3n) is 5.72. The van der Waals surface area contributed by atoms with Crippen molar-refractivity contribution in [2.45, 2.75) is 19.3 Å². The molecule has 0 spiro atoms. The van der Waals surface area contributed by atoms with E-state index in [1.54, 1.807) is 12.1 Å². The third kappa shape index (κ3) is 5.60. The molecule has 0 aliphatic carbocycles. The lowest BCUT2D eigenvalue weighted by atomic mass is 9.73. The van der Waals surface area contributed by atoms with E-state index in [2.05, 4.69) is 17.2 Å². The average molecular weight is 423 g/mol. The van der Waals surface area contributed by atoms with Crippen LogP contribution in [0, 0.1) is 5.41 Å². The van der Waals surface area contributed by atoms with Gasteiger partial charge in [0, 0.05) is 31.9 Å². The number of ether oxygens (including phenoxy) is 1. The Hall–Kier alpha value is -2.96. The molecule has 1 aliphatic heterocycles. The lowest BCUT2D eigenvalue weighted by Gasteiger charge is -2.36. The minimum Gasteiger partial charge on any atom is -0.395 e. The van der Waals surface area contributed by atoms with Gasteiger partial charge >= 0.3 is 0 Å². The van der Waals surface area contributed by atoms with E-state index in [9.17, 15) is 9.59 Å². The maximum atomic E-state index is 13.1. The van der Waals surface area contributed by atoms with Gasteiger partial charge in [0.2, 0.25) is 5.91 Å². The van der Waals surface area contributed by atoms with E-state index in [0.29, 0.717) is 44.6 Å². The van der Waals surface area contributed by atoms with Crippen LogP contribution < -0.4 is 10.6 Å². The van der Waals surface area contributed by atoms with Gasteiger partial charge in [-0.3, -0.25) is 9.59 Å². The van der Waals surface area contributed by atoms with Crippen LogP contribution in [0.3, 0.4) is 0 Å². The first-order chi connectivity index (χ1) is 15.1. The molecule has 1 saturated heterocycles. The number of aliphatic hydroxyl groups is 1. The van der Waals surface area contributed by atoms with Gasteiger partial charge in [0.05, 0.1) is 12.0 Å². The molecule has 2 amide bonds. The first-order valence-corrected chi connectivity index (χ1v) is 10.6. The average Bonchev–Trinajstić information content (AvgIpc) is 2.82. The molecule has 0 radical (unpaired) electrons. The third-order valence-corrected chi connectivity index (χ3v) is 5.72. The van der Waals surface area contributed by atoms with Gasteiger partial charge in [0.15, 0.2) is 0 Å². The van der Waals surface area contributed by atoms with Crippen LogP contribution in [0.25, 0.3) is 11.1 Å². The second-order valence-electron chi connectivity index (χ2n) is 7.79. The summed E-state index contributed by atoms with van der Waals surface area (Å²) in [5, 5.41) is 14.6. The van der Waals surface area contributed by atoms with Crippen molar-refractivity contribution in [3.05, 3.63) is 72.3 Å². The second kappa shape index (κ2) is 10.9. The summed E-state index contributed by atoms with van der Waals surface area (Å²) < 4.78 is 5.54. The van der Waals surface area contributed by atoms with Gasteiger partial charge in [0.1, 0.15) is 0 Å². The Bertz CT molecular complexity index is 919. The molecule has 6 heteroatoms.